The summed E-state index contributed by atoms with van der Waals surface area (Å²) in [5, 5.41) is 3.22. The quantitative estimate of drug-likeness (QED) is 0.443. The van der Waals surface area contributed by atoms with Crippen molar-refractivity contribution in [2.45, 2.75) is 31.7 Å². The van der Waals surface area contributed by atoms with Crippen molar-refractivity contribution in [3.8, 4) is 0 Å². The molecule has 0 spiro atoms. The van der Waals surface area contributed by atoms with Crippen molar-refractivity contribution >= 4 is 52.6 Å². The molecule has 5 rings (SSSR count). The second-order valence-electron chi connectivity index (χ2n) is 9.42. The average Bonchev–Trinajstić information content (AvgIpc) is 3.53. The van der Waals surface area contributed by atoms with Gasteiger partial charge in [-0.25, -0.2) is 4.79 Å². The van der Waals surface area contributed by atoms with Gasteiger partial charge in [-0.2, -0.15) is 0 Å². The number of hydrogen-bond donors (Lipinski definition) is 1. The molecule has 3 aliphatic rings. The highest BCUT2D eigenvalue weighted by Crippen LogP contribution is 2.56. The maximum atomic E-state index is 13.4. The first kappa shape index (κ1) is 23.8. The maximum absolute atomic E-state index is 13.4. The van der Waals surface area contributed by atoms with E-state index in [1.54, 1.807) is 6.07 Å². The fourth-order valence-corrected chi connectivity index (χ4v) is 6.21. The van der Waals surface area contributed by atoms with Crippen LogP contribution in [0.15, 0.2) is 48.5 Å². The zero-order valence-corrected chi connectivity index (χ0v) is 20.3. The van der Waals surface area contributed by atoms with Crippen LogP contribution in [-0.4, -0.2) is 41.2 Å². The number of benzene rings is 2. The Bertz CT molecular complexity index is 1160. The van der Waals surface area contributed by atoms with E-state index in [4.69, 9.17) is 27.9 Å². The summed E-state index contributed by atoms with van der Waals surface area (Å²) < 4.78 is 5.31. The van der Waals surface area contributed by atoms with Crippen LogP contribution >= 0.6 is 23.2 Å². The summed E-state index contributed by atoms with van der Waals surface area (Å²) >= 11 is 12.0. The molecule has 1 aliphatic heterocycles. The number of rotatable bonds is 7. The molecule has 1 saturated heterocycles. The molecular formula is C26H24Cl2N2O5. The van der Waals surface area contributed by atoms with Gasteiger partial charge in [0.2, 0.25) is 11.8 Å². The van der Waals surface area contributed by atoms with Gasteiger partial charge in [0.15, 0.2) is 6.61 Å². The summed E-state index contributed by atoms with van der Waals surface area (Å²) in [7, 11) is 0. The third kappa shape index (κ3) is 4.55. The Morgan fingerprint density at radius 1 is 1.00 bits per heavy atom. The van der Waals surface area contributed by atoms with Gasteiger partial charge in [0, 0.05) is 11.4 Å². The van der Waals surface area contributed by atoms with Crippen molar-refractivity contribution in [1.82, 2.24) is 4.90 Å². The molecule has 0 radical (unpaired) electrons. The third-order valence-electron chi connectivity index (χ3n) is 7.37. The summed E-state index contributed by atoms with van der Waals surface area (Å²) in [5.74, 6) is -2.28. The molecular weight excluding hydrogens is 491 g/mol. The van der Waals surface area contributed by atoms with Crippen molar-refractivity contribution in [2.24, 2.45) is 23.7 Å². The van der Waals surface area contributed by atoms with Gasteiger partial charge >= 0.3 is 5.97 Å². The van der Waals surface area contributed by atoms with E-state index in [-0.39, 0.29) is 52.6 Å². The summed E-state index contributed by atoms with van der Waals surface area (Å²) in [6.07, 6.45) is 2.91. The van der Waals surface area contributed by atoms with Crippen LogP contribution < -0.4 is 5.32 Å². The van der Waals surface area contributed by atoms with E-state index in [0.717, 1.165) is 29.7 Å². The van der Waals surface area contributed by atoms with Crippen LogP contribution in [-0.2, 0) is 30.3 Å². The first-order chi connectivity index (χ1) is 16.8. The van der Waals surface area contributed by atoms with Crippen LogP contribution in [0.25, 0.3) is 0 Å². The van der Waals surface area contributed by atoms with Gasteiger partial charge in [-0.15, -0.1) is 0 Å². The molecule has 2 aromatic carbocycles. The number of halogens is 2. The van der Waals surface area contributed by atoms with Crippen molar-refractivity contribution < 1.29 is 23.9 Å². The second kappa shape index (κ2) is 9.63. The summed E-state index contributed by atoms with van der Waals surface area (Å²) in [5.41, 5.74) is 1.07. The molecule has 0 unspecified atom stereocenters. The molecule has 0 aromatic heterocycles. The molecule has 2 aliphatic carbocycles. The van der Waals surface area contributed by atoms with Gasteiger partial charge in [-0.1, -0.05) is 53.5 Å². The monoisotopic (exact) mass is 514 g/mol. The normalized spacial score (nSPS) is 25.5. The number of carbonyl (C=O) groups is 4. The van der Waals surface area contributed by atoms with Crippen molar-refractivity contribution in [1.29, 1.82) is 0 Å². The predicted molar refractivity (Wildman–Crippen MR) is 130 cm³/mol. The Morgan fingerprint density at radius 3 is 2.31 bits per heavy atom. The highest BCUT2D eigenvalue weighted by atomic mass is 35.5. The first-order valence-corrected chi connectivity index (χ1v) is 12.4. The number of fused-ring (bicyclic) bond motifs is 5. The zero-order chi connectivity index (χ0) is 24.7. The Kier molecular flexibility index (Phi) is 6.55. The number of hydrogen-bond acceptors (Lipinski definition) is 5. The summed E-state index contributed by atoms with van der Waals surface area (Å²) in [6.45, 7) is -0.596. The number of likely N-dealkylation sites (tertiary alicyclic amines) is 1. The Hall–Kier alpha value is -2.90. The van der Waals surface area contributed by atoms with E-state index in [2.05, 4.69) is 5.32 Å². The smallest absolute Gasteiger partial charge is 0.330 e. The second-order valence-corrected chi connectivity index (χ2v) is 10.3. The van der Waals surface area contributed by atoms with Crippen LogP contribution in [0.3, 0.4) is 0 Å². The molecule has 5 atom stereocenters. The van der Waals surface area contributed by atoms with Gasteiger partial charge in [0.05, 0.1) is 22.5 Å². The molecule has 7 nitrogen and oxygen atoms in total. The Morgan fingerprint density at radius 2 is 1.66 bits per heavy atom. The van der Waals surface area contributed by atoms with Crippen LogP contribution in [0, 0.1) is 23.7 Å². The Labute approximate surface area is 212 Å². The number of amides is 3. The minimum absolute atomic E-state index is 0.119. The zero-order valence-electron chi connectivity index (χ0n) is 18.8. The highest BCUT2D eigenvalue weighted by Gasteiger charge is 2.62. The molecule has 2 saturated carbocycles. The lowest BCUT2D eigenvalue weighted by atomic mass is 9.81. The average molecular weight is 515 g/mol. The van der Waals surface area contributed by atoms with E-state index < -0.39 is 24.5 Å². The maximum Gasteiger partial charge on any atom is 0.330 e. The first-order valence-electron chi connectivity index (χ1n) is 11.7. The molecule has 2 bridgehead atoms. The molecule has 3 amide bonds. The molecule has 3 fully saturated rings. The van der Waals surface area contributed by atoms with Gasteiger partial charge < -0.3 is 10.1 Å². The summed E-state index contributed by atoms with van der Waals surface area (Å²) in [4.78, 5) is 53.5. The predicted octanol–water partition coefficient (Wildman–Crippen LogP) is 4.12. The third-order valence-corrected chi connectivity index (χ3v) is 7.93. The number of imide groups is 1. The van der Waals surface area contributed by atoms with Crippen molar-refractivity contribution in [2.75, 3.05) is 11.9 Å². The number of nitrogens with one attached hydrogen (secondary N) is 1. The fourth-order valence-electron chi connectivity index (χ4n) is 5.87. The number of nitrogens with zero attached hydrogens (tertiary/aromatic N) is 1. The number of ether oxygens (including phenoxy) is 1. The summed E-state index contributed by atoms with van der Waals surface area (Å²) in [6, 6.07) is 12.6. The van der Waals surface area contributed by atoms with Gasteiger partial charge in [0.25, 0.3) is 5.91 Å². The van der Waals surface area contributed by atoms with Crippen LogP contribution in [0.4, 0.5) is 5.69 Å². The molecule has 9 heteroatoms. The SMILES string of the molecule is O=C(COC(=O)[C@H](Cc1ccccc1)N1C(=O)[C@@H]2[C@H]3CC[C@@H](C3)[C@@H]2C1=O)Nc1cc(Cl)ccc1Cl. The molecule has 1 N–H and O–H groups in total. The minimum atomic E-state index is -1.13. The lowest BCUT2D eigenvalue weighted by Crippen LogP contribution is -2.48. The van der Waals surface area contributed by atoms with Gasteiger partial charge in [-0.05, 0) is 54.9 Å². The highest BCUT2D eigenvalue weighted by molar-refractivity contribution is 6.35. The van der Waals surface area contributed by atoms with E-state index in [1.807, 2.05) is 30.3 Å². The van der Waals surface area contributed by atoms with E-state index >= 15 is 0 Å². The molecule has 1 heterocycles. The van der Waals surface area contributed by atoms with Crippen molar-refractivity contribution in [3.63, 3.8) is 0 Å². The fraction of sp³-hybridized carbons (Fsp3) is 0.385. The number of esters is 1. The molecule has 2 aromatic rings. The van der Waals surface area contributed by atoms with Gasteiger partial charge in [0.1, 0.15) is 6.04 Å². The van der Waals surface area contributed by atoms with Crippen molar-refractivity contribution in [3.05, 3.63) is 64.1 Å². The van der Waals surface area contributed by atoms with Crippen LogP contribution in [0.5, 0.6) is 0 Å². The lowest BCUT2D eigenvalue weighted by Gasteiger charge is -2.26. The van der Waals surface area contributed by atoms with E-state index in [0.29, 0.717) is 5.02 Å². The molecule has 35 heavy (non-hydrogen) atoms. The largest absolute Gasteiger partial charge is 0.454 e. The number of anilines is 1. The topological polar surface area (TPSA) is 92.8 Å². The minimum Gasteiger partial charge on any atom is -0.454 e. The Balaban J connectivity index is 1.32. The van der Waals surface area contributed by atoms with Gasteiger partial charge in [-0.3, -0.25) is 19.3 Å². The number of carbonyl (C=O) groups excluding carboxylic acids is 4. The standard InChI is InChI=1S/C26H24Cl2N2O5/c27-17-8-9-18(28)19(12-17)29-21(31)13-35-26(34)20(10-14-4-2-1-3-5-14)30-24(32)22-15-6-7-16(11-15)23(22)25(30)33/h1-5,8-9,12,15-16,20,22-23H,6-7,10-11,13H2,(H,29,31)/t15-,16-,20-,22-,23+/m0/s1. The van der Waals surface area contributed by atoms with Crippen LogP contribution in [0.2, 0.25) is 10.0 Å². The molecule has 182 valence electrons. The van der Waals surface area contributed by atoms with E-state index in [1.165, 1.54) is 12.1 Å². The lowest BCUT2D eigenvalue weighted by molar-refractivity contribution is -0.160. The van der Waals surface area contributed by atoms with Crippen LogP contribution in [0.1, 0.15) is 24.8 Å². The van der Waals surface area contributed by atoms with E-state index in [9.17, 15) is 19.2 Å².